The minimum absolute atomic E-state index is 0.0784. The first-order valence-corrected chi connectivity index (χ1v) is 11.1. The van der Waals surface area contributed by atoms with Gasteiger partial charge in [-0.2, -0.15) is 13.2 Å². The maximum Gasteiger partial charge on any atom is 0.416 e. The highest BCUT2D eigenvalue weighted by Gasteiger charge is 2.45. The zero-order valence-corrected chi connectivity index (χ0v) is 18.1. The summed E-state index contributed by atoms with van der Waals surface area (Å²) in [6, 6.07) is 8.32. The van der Waals surface area contributed by atoms with Gasteiger partial charge in [-0.05, 0) is 67.3 Å². The van der Waals surface area contributed by atoms with Gasteiger partial charge >= 0.3 is 6.18 Å². The van der Waals surface area contributed by atoms with Gasteiger partial charge in [0, 0.05) is 12.2 Å². The summed E-state index contributed by atoms with van der Waals surface area (Å²) in [6.07, 6.45) is -3.47. The Morgan fingerprint density at radius 1 is 1.13 bits per heavy atom. The average molecular weight is 456 g/mol. The van der Waals surface area contributed by atoms with Crippen LogP contribution in [0.1, 0.15) is 36.2 Å². The fourth-order valence-electron chi connectivity index (χ4n) is 3.24. The van der Waals surface area contributed by atoms with Crippen molar-refractivity contribution >= 4 is 27.3 Å². The molecule has 0 aromatic heterocycles. The van der Waals surface area contributed by atoms with Crippen molar-refractivity contribution in [3.8, 4) is 0 Å². The zero-order chi connectivity index (χ0) is 23.0. The number of carbonyl (C=O) groups excluding carboxylic acids is 1. The molecule has 1 saturated carbocycles. The lowest BCUT2D eigenvalue weighted by molar-refractivity contribution is -0.137. The van der Waals surface area contributed by atoms with Crippen molar-refractivity contribution in [2.75, 3.05) is 18.9 Å². The standard InChI is InChI=1S/C21H24F3N3O3S/c1-20(2)11-14(20)12-26-19(28)17-10-16(31(29,30)25-3)8-9-18(17)27-15-6-4-13(5-7-15)21(22,23)24/h4-10,14,25,27H,11-12H2,1-3H3,(H,26,28). The second-order valence-electron chi connectivity index (χ2n) is 8.21. The minimum atomic E-state index is -4.46. The lowest BCUT2D eigenvalue weighted by Gasteiger charge is -2.15. The third kappa shape index (κ3) is 5.37. The Bertz CT molecular complexity index is 1080. The van der Waals surface area contributed by atoms with Crippen LogP contribution < -0.4 is 15.4 Å². The molecule has 1 fully saturated rings. The van der Waals surface area contributed by atoms with E-state index in [4.69, 9.17) is 0 Å². The maximum atomic E-state index is 12.8. The van der Waals surface area contributed by atoms with Crippen LogP contribution in [0.2, 0.25) is 0 Å². The summed E-state index contributed by atoms with van der Waals surface area (Å²) in [6.45, 7) is 4.65. The summed E-state index contributed by atoms with van der Waals surface area (Å²) in [5, 5.41) is 5.73. The van der Waals surface area contributed by atoms with E-state index in [0.717, 1.165) is 18.6 Å². The van der Waals surface area contributed by atoms with E-state index in [0.29, 0.717) is 18.2 Å². The minimum Gasteiger partial charge on any atom is -0.355 e. The topological polar surface area (TPSA) is 87.3 Å². The second kappa shape index (κ2) is 8.16. The predicted molar refractivity (Wildman–Crippen MR) is 112 cm³/mol. The lowest BCUT2D eigenvalue weighted by atomic mass is 10.1. The van der Waals surface area contributed by atoms with E-state index >= 15 is 0 Å². The second-order valence-corrected chi connectivity index (χ2v) is 10.1. The van der Waals surface area contributed by atoms with E-state index in [-0.39, 0.29) is 21.6 Å². The van der Waals surface area contributed by atoms with Gasteiger partial charge in [-0.15, -0.1) is 0 Å². The van der Waals surface area contributed by atoms with Gasteiger partial charge in [0.2, 0.25) is 10.0 Å². The normalized spacial score (nSPS) is 17.8. The molecule has 1 aliphatic rings. The summed E-state index contributed by atoms with van der Waals surface area (Å²) in [7, 11) is -2.52. The first-order chi connectivity index (χ1) is 14.3. The van der Waals surface area contributed by atoms with Crippen molar-refractivity contribution in [1.29, 1.82) is 0 Å². The van der Waals surface area contributed by atoms with Crippen molar-refractivity contribution in [1.82, 2.24) is 10.0 Å². The monoisotopic (exact) mass is 455 g/mol. The molecule has 0 radical (unpaired) electrons. The molecule has 1 unspecified atom stereocenters. The maximum absolute atomic E-state index is 12.8. The van der Waals surface area contributed by atoms with E-state index in [1.807, 2.05) is 0 Å². The molecule has 31 heavy (non-hydrogen) atoms. The first-order valence-electron chi connectivity index (χ1n) is 9.63. The number of carbonyl (C=O) groups is 1. The highest BCUT2D eigenvalue weighted by molar-refractivity contribution is 7.89. The zero-order valence-electron chi connectivity index (χ0n) is 17.3. The van der Waals surface area contributed by atoms with Crippen LogP contribution in [-0.2, 0) is 16.2 Å². The smallest absolute Gasteiger partial charge is 0.355 e. The van der Waals surface area contributed by atoms with Crippen LogP contribution in [0.3, 0.4) is 0 Å². The van der Waals surface area contributed by atoms with Crippen LogP contribution in [0.5, 0.6) is 0 Å². The molecule has 3 rings (SSSR count). The molecule has 10 heteroatoms. The molecule has 1 atom stereocenters. The SMILES string of the molecule is CNS(=O)(=O)c1ccc(Nc2ccc(C(F)(F)F)cc2)c(C(=O)NCC2CC2(C)C)c1. The van der Waals surface area contributed by atoms with Gasteiger partial charge in [0.25, 0.3) is 5.91 Å². The average Bonchev–Trinajstić information content (AvgIpc) is 3.32. The molecular weight excluding hydrogens is 431 g/mol. The number of benzene rings is 2. The van der Waals surface area contributed by atoms with Crippen LogP contribution in [0.15, 0.2) is 47.4 Å². The number of hydrogen-bond acceptors (Lipinski definition) is 4. The van der Waals surface area contributed by atoms with Gasteiger partial charge < -0.3 is 10.6 Å². The van der Waals surface area contributed by atoms with Crippen LogP contribution in [0.4, 0.5) is 24.5 Å². The molecular formula is C21H24F3N3O3S. The summed E-state index contributed by atoms with van der Waals surface area (Å²) >= 11 is 0. The fourth-order valence-corrected chi connectivity index (χ4v) is 3.99. The lowest BCUT2D eigenvalue weighted by Crippen LogP contribution is -2.28. The Kier molecular flexibility index (Phi) is 6.07. The van der Waals surface area contributed by atoms with E-state index in [2.05, 4.69) is 29.2 Å². The van der Waals surface area contributed by atoms with Crippen molar-refractivity contribution in [2.24, 2.45) is 11.3 Å². The van der Waals surface area contributed by atoms with Crippen LogP contribution in [0.25, 0.3) is 0 Å². The summed E-state index contributed by atoms with van der Waals surface area (Å²) < 4.78 is 64.9. The van der Waals surface area contributed by atoms with Crippen molar-refractivity contribution in [2.45, 2.75) is 31.3 Å². The van der Waals surface area contributed by atoms with Crippen LogP contribution in [-0.4, -0.2) is 27.9 Å². The molecule has 0 bridgehead atoms. The third-order valence-corrected chi connectivity index (χ3v) is 6.94. The van der Waals surface area contributed by atoms with Crippen molar-refractivity contribution in [3.63, 3.8) is 0 Å². The Hall–Kier alpha value is -2.59. The molecule has 0 saturated heterocycles. The summed E-state index contributed by atoms with van der Waals surface area (Å²) in [5.74, 6) is -0.128. The molecule has 0 heterocycles. The highest BCUT2D eigenvalue weighted by atomic mass is 32.2. The molecule has 1 amide bonds. The Labute approximate surface area is 179 Å². The third-order valence-electron chi connectivity index (χ3n) is 5.53. The molecule has 0 aliphatic heterocycles. The molecule has 3 N–H and O–H groups in total. The van der Waals surface area contributed by atoms with Gasteiger partial charge in [0.15, 0.2) is 0 Å². The largest absolute Gasteiger partial charge is 0.416 e. The van der Waals surface area contributed by atoms with Crippen LogP contribution >= 0.6 is 0 Å². The van der Waals surface area contributed by atoms with E-state index in [9.17, 15) is 26.4 Å². The predicted octanol–water partition coefficient (Wildman–Crippen LogP) is 4.13. The number of halogens is 3. The van der Waals surface area contributed by atoms with E-state index in [1.54, 1.807) is 0 Å². The Balaban J connectivity index is 1.88. The van der Waals surface area contributed by atoms with E-state index in [1.165, 1.54) is 37.4 Å². The Morgan fingerprint density at radius 2 is 1.74 bits per heavy atom. The van der Waals surface area contributed by atoms with Gasteiger partial charge in [-0.3, -0.25) is 4.79 Å². The van der Waals surface area contributed by atoms with Gasteiger partial charge in [0.05, 0.1) is 21.7 Å². The van der Waals surface area contributed by atoms with Gasteiger partial charge in [-0.25, -0.2) is 13.1 Å². The summed E-state index contributed by atoms with van der Waals surface area (Å²) in [5.41, 5.74) is 0.0523. The van der Waals surface area contributed by atoms with Crippen molar-refractivity contribution < 1.29 is 26.4 Å². The Morgan fingerprint density at radius 3 is 2.26 bits per heavy atom. The van der Waals surface area contributed by atoms with Crippen LogP contribution in [0, 0.1) is 11.3 Å². The molecule has 2 aromatic rings. The number of amides is 1. The summed E-state index contributed by atoms with van der Waals surface area (Å²) in [4.78, 5) is 12.7. The first kappa shape index (κ1) is 23.1. The van der Waals surface area contributed by atoms with Gasteiger partial charge in [-0.1, -0.05) is 13.8 Å². The number of hydrogen-bond donors (Lipinski definition) is 3. The number of rotatable bonds is 7. The van der Waals surface area contributed by atoms with E-state index < -0.39 is 27.7 Å². The molecule has 168 valence electrons. The van der Waals surface area contributed by atoms with Gasteiger partial charge in [0.1, 0.15) is 0 Å². The molecule has 1 aliphatic carbocycles. The quantitative estimate of drug-likeness (QED) is 0.586. The number of anilines is 2. The highest BCUT2D eigenvalue weighted by Crippen LogP contribution is 2.51. The molecule has 2 aromatic carbocycles. The van der Waals surface area contributed by atoms with Crippen molar-refractivity contribution in [3.05, 3.63) is 53.6 Å². The number of nitrogens with one attached hydrogen (secondary N) is 3. The number of alkyl halides is 3. The number of sulfonamides is 1. The molecule has 0 spiro atoms. The molecule has 6 nitrogen and oxygen atoms in total. The fraction of sp³-hybridized carbons (Fsp3) is 0.381.